The Balaban J connectivity index is 1.46. The number of benzene rings is 1. The zero-order valence-corrected chi connectivity index (χ0v) is 18.6. The van der Waals surface area contributed by atoms with E-state index in [0.29, 0.717) is 41.4 Å². The highest BCUT2D eigenvalue weighted by molar-refractivity contribution is 7.91. The van der Waals surface area contributed by atoms with Gasteiger partial charge in [-0.1, -0.05) is 18.2 Å². The maximum absolute atomic E-state index is 12.6. The maximum atomic E-state index is 12.6. The van der Waals surface area contributed by atoms with E-state index in [1.807, 2.05) is 37.3 Å². The highest BCUT2D eigenvalue weighted by atomic mass is 32.2. The van der Waals surface area contributed by atoms with Crippen LogP contribution in [0.4, 0.5) is 5.82 Å². The molecule has 4 aromatic rings. The van der Waals surface area contributed by atoms with E-state index in [-0.39, 0.29) is 6.04 Å². The Morgan fingerprint density at radius 3 is 2.68 bits per heavy atom. The number of aryl methyl sites for hydroxylation is 1. The first-order chi connectivity index (χ1) is 15.0. The second-order valence-electron chi connectivity index (χ2n) is 7.75. The minimum Gasteiger partial charge on any atom is -0.358 e. The number of thiophene rings is 1. The second-order valence-corrected chi connectivity index (χ2v) is 10.6. The summed E-state index contributed by atoms with van der Waals surface area (Å²) in [6.45, 7) is 3.36. The Hall–Kier alpha value is -2.93. The number of rotatable bonds is 4. The maximum Gasteiger partial charge on any atom is 0.250 e. The number of piperidine rings is 1. The molecule has 7 nitrogen and oxygen atoms in total. The fraction of sp³-hybridized carbons (Fsp3) is 0.273. The van der Waals surface area contributed by atoms with Gasteiger partial charge in [0.2, 0.25) is 10.0 Å². The fourth-order valence-corrected chi connectivity index (χ4v) is 6.54. The molecule has 1 aliphatic heterocycles. The molecule has 0 spiro atoms. The van der Waals surface area contributed by atoms with Crippen LogP contribution < -0.4 is 9.62 Å². The number of pyridine rings is 1. The summed E-state index contributed by atoms with van der Waals surface area (Å²) in [4.78, 5) is 6.97. The number of aromatic nitrogens is 2. The number of imidazole rings is 1. The molecule has 1 aliphatic rings. The lowest BCUT2D eigenvalue weighted by atomic mass is 10.1. The van der Waals surface area contributed by atoms with E-state index < -0.39 is 10.0 Å². The summed E-state index contributed by atoms with van der Waals surface area (Å²) in [5.74, 6) is 0.986. The van der Waals surface area contributed by atoms with E-state index in [1.54, 1.807) is 17.5 Å². The third-order valence-electron chi connectivity index (χ3n) is 5.77. The van der Waals surface area contributed by atoms with E-state index in [9.17, 15) is 13.7 Å². The minimum atomic E-state index is -3.47. The van der Waals surface area contributed by atoms with Crippen molar-refractivity contribution in [2.45, 2.75) is 30.0 Å². The first-order valence-electron chi connectivity index (χ1n) is 10.1. The van der Waals surface area contributed by atoms with Crippen LogP contribution in [0.15, 0.2) is 52.1 Å². The summed E-state index contributed by atoms with van der Waals surface area (Å²) in [6, 6.07) is 15.5. The van der Waals surface area contributed by atoms with Crippen molar-refractivity contribution in [1.29, 1.82) is 5.26 Å². The molecule has 5 rings (SSSR count). The Labute approximate surface area is 184 Å². The highest BCUT2D eigenvalue weighted by Gasteiger charge is 2.27. The van der Waals surface area contributed by atoms with Gasteiger partial charge in [0.05, 0.1) is 16.6 Å². The van der Waals surface area contributed by atoms with Gasteiger partial charge in [0.15, 0.2) is 5.65 Å². The van der Waals surface area contributed by atoms with Crippen LogP contribution in [-0.4, -0.2) is 36.9 Å². The standard InChI is InChI=1S/C22H21N5O2S2/c1-15-13-20(27-19-6-3-2-5-18(19)24-22(27)17(15)14-23)26-10-8-16(9-11-26)25-31(28,29)21-7-4-12-30-21/h2-7,12-13,16,25H,8-11H2,1H3. The summed E-state index contributed by atoms with van der Waals surface area (Å²) in [5.41, 5.74) is 3.95. The van der Waals surface area contributed by atoms with Gasteiger partial charge in [-0.15, -0.1) is 11.3 Å². The van der Waals surface area contributed by atoms with Crippen molar-refractivity contribution >= 4 is 43.9 Å². The van der Waals surface area contributed by atoms with E-state index in [1.165, 1.54) is 11.3 Å². The normalized spacial score (nSPS) is 15.5. The zero-order valence-electron chi connectivity index (χ0n) is 16.9. The van der Waals surface area contributed by atoms with Gasteiger partial charge in [-0.25, -0.2) is 18.1 Å². The van der Waals surface area contributed by atoms with Crippen LogP contribution >= 0.6 is 11.3 Å². The number of nitrogens with zero attached hydrogens (tertiary/aromatic N) is 4. The number of hydrogen-bond acceptors (Lipinski definition) is 6. The van der Waals surface area contributed by atoms with E-state index >= 15 is 0 Å². The van der Waals surface area contributed by atoms with E-state index in [0.717, 1.165) is 22.4 Å². The Morgan fingerprint density at radius 1 is 1.19 bits per heavy atom. The number of sulfonamides is 1. The molecular weight excluding hydrogens is 430 g/mol. The molecule has 1 aromatic carbocycles. The quantitative estimate of drug-likeness (QED) is 0.511. The third kappa shape index (κ3) is 3.47. The molecule has 1 N–H and O–H groups in total. The van der Waals surface area contributed by atoms with Crippen molar-refractivity contribution in [3.63, 3.8) is 0 Å². The van der Waals surface area contributed by atoms with Crippen molar-refractivity contribution < 1.29 is 8.42 Å². The van der Waals surface area contributed by atoms with Crippen LogP contribution in [-0.2, 0) is 10.0 Å². The molecule has 9 heteroatoms. The number of para-hydroxylation sites is 2. The number of fused-ring (bicyclic) bond motifs is 3. The molecule has 0 radical (unpaired) electrons. The van der Waals surface area contributed by atoms with Gasteiger partial charge in [-0.2, -0.15) is 5.26 Å². The molecule has 0 aliphatic carbocycles. The first kappa shape index (κ1) is 20.0. The lowest BCUT2D eigenvalue weighted by Gasteiger charge is -2.34. The molecule has 31 heavy (non-hydrogen) atoms. The van der Waals surface area contributed by atoms with Crippen molar-refractivity contribution in [2.75, 3.05) is 18.0 Å². The van der Waals surface area contributed by atoms with Crippen LogP contribution in [0.1, 0.15) is 24.0 Å². The van der Waals surface area contributed by atoms with Gasteiger partial charge in [0, 0.05) is 19.1 Å². The van der Waals surface area contributed by atoms with Gasteiger partial charge in [-0.3, -0.25) is 4.40 Å². The lowest BCUT2D eigenvalue weighted by Crippen LogP contribution is -2.45. The number of nitriles is 1. The van der Waals surface area contributed by atoms with Crippen LogP contribution in [0, 0.1) is 18.3 Å². The lowest BCUT2D eigenvalue weighted by molar-refractivity contribution is 0.458. The van der Waals surface area contributed by atoms with Crippen LogP contribution in [0.3, 0.4) is 0 Å². The SMILES string of the molecule is Cc1cc(N2CCC(NS(=O)(=O)c3cccs3)CC2)n2c(nc3ccccc32)c1C#N. The van der Waals surface area contributed by atoms with Crippen molar-refractivity contribution in [2.24, 2.45) is 0 Å². The van der Waals surface area contributed by atoms with Gasteiger partial charge < -0.3 is 4.90 Å². The molecule has 1 saturated heterocycles. The van der Waals surface area contributed by atoms with E-state index in [2.05, 4.69) is 20.1 Å². The molecule has 0 atom stereocenters. The van der Waals surface area contributed by atoms with Crippen LogP contribution in [0.25, 0.3) is 16.7 Å². The van der Waals surface area contributed by atoms with Gasteiger partial charge in [0.25, 0.3) is 0 Å². The number of anilines is 1. The average Bonchev–Trinajstić information content (AvgIpc) is 3.42. The first-order valence-corrected chi connectivity index (χ1v) is 12.5. The van der Waals surface area contributed by atoms with Gasteiger partial charge in [0.1, 0.15) is 16.1 Å². The van der Waals surface area contributed by atoms with Crippen LogP contribution in [0.2, 0.25) is 0 Å². The Morgan fingerprint density at radius 2 is 1.97 bits per heavy atom. The molecular formula is C22H21N5O2S2. The largest absolute Gasteiger partial charge is 0.358 e. The summed E-state index contributed by atoms with van der Waals surface area (Å²) >= 11 is 1.23. The smallest absolute Gasteiger partial charge is 0.250 e. The van der Waals surface area contributed by atoms with Crippen molar-refractivity contribution in [3.8, 4) is 6.07 Å². The molecule has 4 heterocycles. The number of nitrogens with one attached hydrogen (secondary N) is 1. The highest BCUT2D eigenvalue weighted by Crippen LogP contribution is 2.30. The van der Waals surface area contributed by atoms with Gasteiger partial charge >= 0.3 is 0 Å². The van der Waals surface area contributed by atoms with Crippen molar-refractivity contribution in [1.82, 2.24) is 14.1 Å². The third-order valence-corrected chi connectivity index (χ3v) is 8.68. The summed E-state index contributed by atoms with van der Waals surface area (Å²) in [5, 5.41) is 11.5. The monoisotopic (exact) mass is 451 g/mol. The van der Waals surface area contributed by atoms with Crippen molar-refractivity contribution in [3.05, 3.63) is 59.0 Å². The molecule has 3 aromatic heterocycles. The predicted octanol–water partition coefficient (Wildman–Crippen LogP) is 3.68. The second kappa shape index (κ2) is 7.64. The molecule has 0 unspecified atom stereocenters. The summed E-state index contributed by atoms with van der Waals surface area (Å²) < 4.78 is 30.4. The average molecular weight is 452 g/mol. The molecule has 158 valence electrons. The Bertz CT molecular complexity index is 1410. The van der Waals surface area contributed by atoms with Crippen LogP contribution in [0.5, 0.6) is 0 Å². The van der Waals surface area contributed by atoms with E-state index in [4.69, 9.17) is 4.98 Å². The van der Waals surface area contributed by atoms with Gasteiger partial charge in [-0.05, 0) is 55.0 Å². The molecule has 0 amide bonds. The number of hydrogen-bond donors (Lipinski definition) is 1. The Kier molecular flexibility index (Phi) is 4.93. The fourth-order valence-electron chi connectivity index (χ4n) is 4.22. The zero-order chi connectivity index (χ0) is 21.6. The molecule has 0 bridgehead atoms. The predicted molar refractivity (Wildman–Crippen MR) is 122 cm³/mol. The molecule has 0 saturated carbocycles. The summed E-state index contributed by atoms with van der Waals surface area (Å²) in [6.07, 6.45) is 1.41. The summed E-state index contributed by atoms with van der Waals surface area (Å²) in [7, 11) is -3.47. The topological polar surface area (TPSA) is 90.5 Å². The molecule has 1 fully saturated rings. The minimum absolute atomic E-state index is 0.0992.